The van der Waals surface area contributed by atoms with E-state index in [9.17, 15) is 18.0 Å². The van der Waals surface area contributed by atoms with Gasteiger partial charge in [-0.2, -0.15) is 9.40 Å². The van der Waals surface area contributed by atoms with Gasteiger partial charge in [0.15, 0.2) is 5.82 Å². The molecule has 2 aromatic heterocycles. The Labute approximate surface area is 144 Å². The summed E-state index contributed by atoms with van der Waals surface area (Å²) in [7, 11) is -3.25. The molecule has 0 N–H and O–H groups in total. The summed E-state index contributed by atoms with van der Waals surface area (Å²) in [5.74, 6) is 0.152. The largest absolute Gasteiger partial charge is 0.338 e. The highest BCUT2D eigenvalue weighted by atomic mass is 32.2. The Morgan fingerprint density at radius 2 is 1.92 bits per heavy atom. The quantitative estimate of drug-likeness (QED) is 0.653. The summed E-state index contributed by atoms with van der Waals surface area (Å²) >= 11 is 0. The highest BCUT2D eigenvalue weighted by Crippen LogP contribution is 2.07. The Morgan fingerprint density at radius 3 is 2.52 bits per heavy atom. The highest BCUT2D eigenvalue weighted by molar-refractivity contribution is 7.88. The molecule has 3 rings (SSSR count). The molecule has 10 nitrogen and oxygen atoms in total. The van der Waals surface area contributed by atoms with E-state index < -0.39 is 10.0 Å². The van der Waals surface area contributed by atoms with Crippen molar-refractivity contribution in [2.45, 2.75) is 6.54 Å². The van der Waals surface area contributed by atoms with Gasteiger partial charge in [-0.15, -0.1) is 5.10 Å². The van der Waals surface area contributed by atoms with Gasteiger partial charge >= 0.3 is 0 Å². The predicted octanol–water partition coefficient (Wildman–Crippen LogP) is -1.47. The van der Waals surface area contributed by atoms with Crippen LogP contribution in [0.3, 0.4) is 0 Å². The van der Waals surface area contributed by atoms with Crippen LogP contribution in [-0.4, -0.2) is 75.5 Å². The topological polar surface area (TPSA) is 110 Å². The maximum absolute atomic E-state index is 12.4. The molecule has 2 aromatic rings. The normalized spacial score (nSPS) is 16.1. The van der Waals surface area contributed by atoms with Crippen LogP contribution in [0.5, 0.6) is 0 Å². The lowest BCUT2D eigenvalue weighted by molar-refractivity contribution is -0.133. The molecule has 1 fully saturated rings. The monoisotopic (exact) mass is 366 g/mol. The first kappa shape index (κ1) is 17.3. The molecule has 1 amide bonds. The molecular weight excluding hydrogens is 348 g/mol. The molecule has 1 saturated heterocycles. The lowest BCUT2D eigenvalue weighted by atomic mass is 10.3. The Balaban J connectivity index is 1.70. The third-order valence-electron chi connectivity index (χ3n) is 3.94. The number of nitrogens with zero attached hydrogens (tertiary/aromatic N) is 6. The van der Waals surface area contributed by atoms with Crippen LogP contribution in [0.4, 0.5) is 0 Å². The van der Waals surface area contributed by atoms with Gasteiger partial charge in [0, 0.05) is 44.6 Å². The van der Waals surface area contributed by atoms with Crippen LogP contribution in [0, 0.1) is 0 Å². The van der Waals surface area contributed by atoms with Gasteiger partial charge < -0.3 is 4.90 Å². The van der Waals surface area contributed by atoms with E-state index in [1.807, 2.05) is 0 Å². The standard InChI is InChI=1S/C14H18N6O4S/c1-25(23,24)18-9-7-17(8-10-18)14(22)11-20-13(21)4-3-12(16-20)19-6-2-5-15-19/h2-6H,7-11H2,1H3. The highest BCUT2D eigenvalue weighted by Gasteiger charge is 2.26. The van der Waals surface area contributed by atoms with Crippen LogP contribution in [0.1, 0.15) is 0 Å². The summed E-state index contributed by atoms with van der Waals surface area (Å²) in [5, 5.41) is 8.19. The fourth-order valence-electron chi connectivity index (χ4n) is 2.58. The summed E-state index contributed by atoms with van der Waals surface area (Å²) < 4.78 is 26.9. The third kappa shape index (κ3) is 3.94. The number of carbonyl (C=O) groups is 1. The Morgan fingerprint density at radius 1 is 1.20 bits per heavy atom. The molecule has 3 heterocycles. The second-order valence-electron chi connectivity index (χ2n) is 5.68. The minimum atomic E-state index is -3.25. The summed E-state index contributed by atoms with van der Waals surface area (Å²) in [5.41, 5.74) is -0.390. The summed E-state index contributed by atoms with van der Waals surface area (Å²) in [6.07, 6.45) is 4.42. The minimum Gasteiger partial charge on any atom is -0.338 e. The van der Waals surface area contributed by atoms with Crippen LogP contribution in [0.15, 0.2) is 35.4 Å². The van der Waals surface area contributed by atoms with Crippen molar-refractivity contribution in [2.24, 2.45) is 0 Å². The fourth-order valence-corrected chi connectivity index (χ4v) is 3.40. The van der Waals surface area contributed by atoms with Gasteiger partial charge in [-0.05, 0) is 12.1 Å². The molecule has 134 valence electrons. The number of aromatic nitrogens is 4. The van der Waals surface area contributed by atoms with Crippen molar-refractivity contribution < 1.29 is 13.2 Å². The van der Waals surface area contributed by atoms with Crippen LogP contribution < -0.4 is 5.56 Å². The Bertz CT molecular complexity index is 913. The van der Waals surface area contributed by atoms with E-state index in [1.54, 1.807) is 18.5 Å². The number of carbonyl (C=O) groups excluding carboxylic acids is 1. The van der Waals surface area contributed by atoms with Crippen molar-refractivity contribution in [3.8, 4) is 5.82 Å². The number of hydrogen-bond acceptors (Lipinski definition) is 6. The van der Waals surface area contributed by atoms with E-state index in [0.29, 0.717) is 18.9 Å². The first-order valence-corrected chi connectivity index (χ1v) is 9.50. The molecular formula is C14H18N6O4S. The van der Waals surface area contributed by atoms with Crippen LogP contribution >= 0.6 is 0 Å². The van der Waals surface area contributed by atoms with Gasteiger partial charge in [0.25, 0.3) is 5.56 Å². The molecule has 25 heavy (non-hydrogen) atoms. The molecule has 0 bridgehead atoms. The third-order valence-corrected chi connectivity index (χ3v) is 5.24. The average Bonchev–Trinajstić information content (AvgIpc) is 3.10. The molecule has 0 aromatic carbocycles. The number of piperazine rings is 1. The van der Waals surface area contributed by atoms with Crippen LogP contribution in [0.25, 0.3) is 5.82 Å². The zero-order chi connectivity index (χ0) is 18.0. The van der Waals surface area contributed by atoms with Crippen molar-refractivity contribution >= 4 is 15.9 Å². The molecule has 0 atom stereocenters. The van der Waals surface area contributed by atoms with Gasteiger partial charge in [-0.1, -0.05) is 0 Å². The molecule has 0 radical (unpaired) electrons. The number of hydrogen-bond donors (Lipinski definition) is 0. The van der Waals surface area contributed by atoms with Gasteiger partial charge in [-0.25, -0.2) is 17.8 Å². The van der Waals surface area contributed by atoms with Crippen molar-refractivity contribution in [3.05, 3.63) is 40.9 Å². The van der Waals surface area contributed by atoms with Crippen molar-refractivity contribution in [2.75, 3.05) is 32.4 Å². The van der Waals surface area contributed by atoms with Crippen molar-refractivity contribution in [3.63, 3.8) is 0 Å². The molecule has 0 spiro atoms. The smallest absolute Gasteiger partial charge is 0.267 e. The first-order valence-electron chi connectivity index (χ1n) is 7.66. The number of amides is 1. The maximum atomic E-state index is 12.4. The average molecular weight is 366 g/mol. The van der Waals surface area contributed by atoms with E-state index in [2.05, 4.69) is 10.2 Å². The Hall–Kier alpha value is -2.53. The SMILES string of the molecule is CS(=O)(=O)N1CCN(C(=O)Cn2nc(-n3cccn3)ccc2=O)CC1. The van der Waals surface area contributed by atoms with E-state index in [1.165, 1.54) is 26.0 Å². The molecule has 1 aliphatic rings. The second kappa shape index (κ2) is 6.76. The van der Waals surface area contributed by atoms with Gasteiger partial charge in [0.2, 0.25) is 15.9 Å². The first-order chi connectivity index (χ1) is 11.8. The lowest BCUT2D eigenvalue weighted by Gasteiger charge is -2.33. The number of sulfonamides is 1. The second-order valence-corrected chi connectivity index (χ2v) is 7.66. The molecule has 1 aliphatic heterocycles. The van der Waals surface area contributed by atoms with Crippen LogP contribution in [0.2, 0.25) is 0 Å². The Kier molecular flexibility index (Phi) is 4.68. The van der Waals surface area contributed by atoms with Crippen LogP contribution in [-0.2, 0) is 21.4 Å². The minimum absolute atomic E-state index is 0.202. The van der Waals surface area contributed by atoms with Crippen molar-refractivity contribution in [1.29, 1.82) is 0 Å². The molecule has 0 aliphatic carbocycles. The summed E-state index contributed by atoms with van der Waals surface area (Å²) in [6.45, 7) is 0.881. The molecule has 0 saturated carbocycles. The lowest BCUT2D eigenvalue weighted by Crippen LogP contribution is -2.51. The zero-order valence-corrected chi connectivity index (χ0v) is 14.5. The zero-order valence-electron chi connectivity index (χ0n) is 13.6. The fraction of sp³-hybridized carbons (Fsp3) is 0.429. The summed E-state index contributed by atoms with van der Waals surface area (Å²) in [4.78, 5) is 25.9. The van der Waals surface area contributed by atoms with Gasteiger partial charge in [0.05, 0.1) is 6.26 Å². The molecule has 0 unspecified atom stereocenters. The summed E-state index contributed by atoms with van der Waals surface area (Å²) in [6, 6.07) is 4.59. The van der Waals surface area contributed by atoms with E-state index in [4.69, 9.17) is 0 Å². The maximum Gasteiger partial charge on any atom is 0.267 e. The number of rotatable bonds is 4. The van der Waals surface area contributed by atoms with Gasteiger partial charge in [-0.3, -0.25) is 9.59 Å². The molecule has 11 heteroatoms. The van der Waals surface area contributed by atoms with E-state index in [0.717, 1.165) is 10.9 Å². The van der Waals surface area contributed by atoms with E-state index in [-0.39, 0.29) is 31.1 Å². The van der Waals surface area contributed by atoms with Crippen molar-refractivity contribution in [1.82, 2.24) is 28.8 Å². The predicted molar refractivity (Wildman–Crippen MR) is 88.6 cm³/mol. The van der Waals surface area contributed by atoms with Gasteiger partial charge in [0.1, 0.15) is 6.54 Å². The van der Waals surface area contributed by atoms with E-state index >= 15 is 0 Å².